The number of nitrogens with one attached hydrogen (secondary N) is 3. The lowest BCUT2D eigenvalue weighted by Gasteiger charge is -2.14. The first-order valence-corrected chi connectivity index (χ1v) is 10.4. The summed E-state index contributed by atoms with van der Waals surface area (Å²) >= 11 is 0. The Morgan fingerprint density at radius 3 is 2.38 bits per heavy atom. The molecule has 3 N–H and O–H groups in total. The molecule has 0 spiro atoms. The number of rotatable bonds is 8. The maximum Gasteiger partial charge on any atom is 0.229 e. The first-order chi connectivity index (χ1) is 12.5. The average Bonchev–Trinajstić information content (AvgIpc) is 2.62. The molecule has 0 bridgehead atoms. The van der Waals surface area contributed by atoms with E-state index in [4.69, 9.17) is 0 Å². The number of hydrogen-bond acceptors (Lipinski definition) is 3. The molecule has 0 saturated heterocycles. The van der Waals surface area contributed by atoms with E-state index in [1.165, 1.54) is 5.56 Å². The molecule has 0 amide bonds. The second kappa shape index (κ2) is 9.82. The van der Waals surface area contributed by atoms with Crippen LogP contribution >= 0.6 is 0 Å². The number of para-hydroxylation sites is 1. The van der Waals surface area contributed by atoms with Crippen LogP contribution in [-0.4, -0.2) is 34.2 Å². The van der Waals surface area contributed by atoms with Gasteiger partial charge in [-0.05, 0) is 30.0 Å². The highest BCUT2D eigenvalue weighted by atomic mass is 32.2. The predicted octanol–water partition coefficient (Wildman–Crippen LogP) is 2.36. The van der Waals surface area contributed by atoms with Crippen LogP contribution in [0.1, 0.15) is 17.5 Å². The highest BCUT2D eigenvalue weighted by Crippen LogP contribution is 2.15. The third-order valence-electron chi connectivity index (χ3n) is 3.76. The molecule has 2 rings (SSSR count). The van der Waals surface area contributed by atoms with E-state index in [1.807, 2.05) is 30.3 Å². The van der Waals surface area contributed by atoms with Crippen molar-refractivity contribution < 1.29 is 8.42 Å². The van der Waals surface area contributed by atoms with Crippen molar-refractivity contribution in [2.24, 2.45) is 4.99 Å². The van der Waals surface area contributed by atoms with Crippen LogP contribution in [0, 0.1) is 0 Å². The van der Waals surface area contributed by atoms with E-state index in [2.05, 4.69) is 32.5 Å². The van der Waals surface area contributed by atoms with Crippen molar-refractivity contribution in [3.05, 3.63) is 65.7 Å². The molecule has 0 radical (unpaired) electrons. The van der Waals surface area contributed by atoms with Crippen molar-refractivity contribution in [2.75, 3.05) is 24.6 Å². The molecule has 140 valence electrons. The van der Waals surface area contributed by atoms with Crippen molar-refractivity contribution in [3.63, 3.8) is 0 Å². The number of benzene rings is 2. The van der Waals surface area contributed by atoms with Crippen molar-refractivity contribution >= 4 is 21.7 Å². The zero-order valence-corrected chi connectivity index (χ0v) is 16.0. The lowest BCUT2D eigenvalue weighted by atomic mass is 10.1. The lowest BCUT2D eigenvalue weighted by molar-refractivity contribution is 0.606. The first kappa shape index (κ1) is 19.8. The SMILES string of the molecule is CN=C(NCCCc1ccccc1)NCc1ccccc1NS(C)(=O)=O. The highest BCUT2D eigenvalue weighted by Gasteiger charge is 2.07. The van der Waals surface area contributed by atoms with Gasteiger partial charge in [0.25, 0.3) is 0 Å². The maximum absolute atomic E-state index is 11.5. The number of hydrogen-bond donors (Lipinski definition) is 3. The number of sulfonamides is 1. The van der Waals surface area contributed by atoms with Crippen molar-refractivity contribution in [3.8, 4) is 0 Å². The Bertz CT molecular complexity index is 820. The standard InChI is InChI=1S/C19H26N4O2S/c1-20-19(21-14-8-11-16-9-4-3-5-10-16)22-15-17-12-6-7-13-18(17)23-26(2,24)25/h3-7,9-10,12-13,23H,8,11,14-15H2,1-2H3,(H2,20,21,22). The number of nitrogens with zero attached hydrogens (tertiary/aromatic N) is 1. The van der Waals surface area contributed by atoms with Gasteiger partial charge in [-0.1, -0.05) is 48.5 Å². The molecule has 2 aromatic rings. The van der Waals surface area contributed by atoms with Crippen LogP contribution in [0.3, 0.4) is 0 Å². The molecule has 0 aliphatic heterocycles. The molecular formula is C19H26N4O2S. The molecule has 0 unspecified atom stereocenters. The van der Waals surface area contributed by atoms with Gasteiger partial charge in [0.2, 0.25) is 10.0 Å². The molecule has 0 saturated carbocycles. The second-order valence-electron chi connectivity index (χ2n) is 5.97. The molecule has 0 atom stereocenters. The van der Waals surface area contributed by atoms with Gasteiger partial charge in [0.05, 0.1) is 11.9 Å². The van der Waals surface area contributed by atoms with Crippen molar-refractivity contribution in [1.29, 1.82) is 0 Å². The Kier molecular flexibility index (Phi) is 7.47. The molecule has 0 fully saturated rings. The smallest absolute Gasteiger partial charge is 0.229 e. The Balaban J connectivity index is 1.82. The fourth-order valence-corrected chi connectivity index (χ4v) is 3.12. The minimum atomic E-state index is -3.31. The molecule has 0 aliphatic carbocycles. The summed E-state index contributed by atoms with van der Waals surface area (Å²) in [7, 11) is -1.60. The quantitative estimate of drug-likeness (QED) is 0.376. The molecule has 2 aromatic carbocycles. The summed E-state index contributed by atoms with van der Waals surface area (Å²) in [6.07, 6.45) is 3.15. The fourth-order valence-electron chi connectivity index (χ4n) is 2.52. The van der Waals surface area contributed by atoms with Crippen LogP contribution in [0.2, 0.25) is 0 Å². The number of aliphatic imine (C=N–C) groups is 1. The summed E-state index contributed by atoms with van der Waals surface area (Å²) in [6, 6.07) is 17.7. The first-order valence-electron chi connectivity index (χ1n) is 8.52. The molecule has 26 heavy (non-hydrogen) atoms. The highest BCUT2D eigenvalue weighted by molar-refractivity contribution is 7.92. The van der Waals surface area contributed by atoms with Crippen LogP contribution in [0.5, 0.6) is 0 Å². The van der Waals surface area contributed by atoms with Gasteiger partial charge >= 0.3 is 0 Å². The van der Waals surface area contributed by atoms with Crippen LogP contribution in [0.15, 0.2) is 59.6 Å². The molecule has 7 heteroatoms. The molecular weight excluding hydrogens is 348 g/mol. The summed E-state index contributed by atoms with van der Waals surface area (Å²) in [5.74, 6) is 0.687. The van der Waals surface area contributed by atoms with Crippen molar-refractivity contribution in [1.82, 2.24) is 10.6 Å². The third kappa shape index (κ3) is 7.14. The van der Waals surface area contributed by atoms with Gasteiger partial charge in [-0.2, -0.15) is 0 Å². The molecule has 6 nitrogen and oxygen atoms in total. The van der Waals surface area contributed by atoms with E-state index >= 15 is 0 Å². The van der Waals surface area contributed by atoms with Gasteiger partial charge in [-0.15, -0.1) is 0 Å². The van der Waals surface area contributed by atoms with Crippen molar-refractivity contribution in [2.45, 2.75) is 19.4 Å². The van der Waals surface area contributed by atoms with Gasteiger partial charge in [0, 0.05) is 20.1 Å². The monoisotopic (exact) mass is 374 g/mol. The molecule has 0 aliphatic rings. The summed E-state index contributed by atoms with van der Waals surface area (Å²) in [6.45, 7) is 1.27. The van der Waals surface area contributed by atoms with Gasteiger partial charge in [0.1, 0.15) is 0 Å². The number of aryl methyl sites for hydroxylation is 1. The Hall–Kier alpha value is -2.54. The van der Waals surface area contributed by atoms with Gasteiger partial charge in [-0.3, -0.25) is 9.71 Å². The van der Waals surface area contributed by atoms with Crippen LogP contribution < -0.4 is 15.4 Å². The van der Waals surface area contributed by atoms with E-state index in [9.17, 15) is 8.42 Å². The molecule has 0 aromatic heterocycles. The van der Waals surface area contributed by atoms with E-state index in [0.29, 0.717) is 18.2 Å². The maximum atomic E-state index is 11.5. The van der Waals surface area contributed by atoms with Crippen LogP contribution in [-0.2, 0) is 23.0 Å². The topological polar surface area (TPSA) is 82.6 Å². The fraction of sp³-hybridized carbons (Fsp3) is 0.316. The Labute approximate surface area is 155 Å². The summed E-state index contributed by atoms with van der Waals surface area (Å²) in [4.78, 5) is 4.21. The van der Waals surface area contributed by atoms with E-state index in [0.717, 1.165) is 31.2 Å². The minimum absolute atomic E-state index is 0.469. The van der Waals surface area contributed by atoms with Crippen LogP contribution in [0.4, 0.5) is 5.69 Å². The van der Waals surface area contributed by atoms with Gasteiger partial charge in [0.15, 0.2) is 5.96 Å². The van der Waals surface area contributed by atoms with Crippen LogP contribution in [0.25, 0.3) is 0 Å². The number of guanidine groups is 1. The Morgan fingerprint density at radius 2 is 1.69 bits per heavy atom. The minimum Gasteiger partial charge on any atom is -0.356 e. The van der Waals surface area contributed by atoms with E-state index < -0.39 is 10.0 Å². The molecule has 0 heterocycles. The Morgan fingerprint density at radius 1 is 1.00 bits per heavy atom. The van der Waals surface area contributed by atoms with Gasteiger partial charge < -0.3 is 10.6 Å². The van der Waals surface area contributed by atoms with Gasteiger partial charge in [-0.25, -0.2) is 8.42 Å². The zero-order valence-electron chi connectivity index (χ0n) is 15.2. The largest absolute Gasteiger partial charge is 0.356 e. The normalized spacial score (nSPS) is 11.8. The zero-order chi connectivity index (χ0) is 18.8. The second-order valence-corrected chi connectivity index (χ2v) is 7.72. The van der Waals surface area contributed by atoms with E-state index in [-0.39, 0.29) is 0 Å². The predicted molar refractivity (Wildman–Crippen MR) is 108 cm³/mol. The van der Waals surface area contributed by atoms with E-state index in [1.54, 1.807) is 19.2 Å². The lowest BCUT2D eigenvalue weighted by Crippen LogP contribution is -2.37. The average molecular weight is 375 g/mol. The third-order valence-corrected chi connectivity index (χ3v) is 4.35. The summed E-state index contributed by atoms with van der Waals surface area (Å²) < 4.78 is 25.5. The number of anilines is 1. The summed E-state index contributed by atoms with van der Waals surface area (Å²) in [5.41, 5.74) is 2.74. The summed E-state index contributed by atoms with van der Waals surface area (Å²) in [5, 5.41) is 6.49.